The normalized spacial score (nSPS) is 25.9. The number of rotatable bonds is 7. The highest BCUT2D eigenvalue weighted by Crippen LogP contribution is 2.41. The van der Waals surface area contributed by atoms with Crippen LogP contribution in [0.15, 0.2) is 4.52 Å². The second-order valence-corrected chi connectivity index (χ2v) is 6.51. The van der Waals surface area contributed by atoms with Gasteiger partial charge in [0, 0.05) is 6.61 Å². The van der Waals surface area contributed by atoms with Gasteiger partial charge in [-0.3, -0.25) is 4.79 Å². The third-order valence-corrected chi connectivity index (χ3v) is 4.61. The fourth-order valence-electron chi connectivity index (χ4n) is 2.90. The van der Waals surface area contributed by atoms with Gasteiger partial charge in [0.1, 0.15) is 5.60 Å². The minimum Gasteiger partial charge on any atom is -0.481 e. The average molecular weight is 314 g/mol. The molecular weight excluding hydrogens is 292 g/mol. The zero-order valence-electron chi connectivity index (χ0n) is 12.5. The molecule has 0 radical (unpaired) electrons. The maximum absolute atomic E-state index is 10.5. The van der Waals surface area contributed by atoms with Gasteiger partial charge in [0.25, 0.3) is 0 Å². The van der Waals surface area contributed by atoms with Gasteiger partial charge in [0.15, 0.2) is 0 Å². The second kappa shape index (κ2) is 7.26. The zero-order chi connectivity index (χ0) is 15.3. The Morgan fingerprint density at radius 2 is 2.43 bits per heavy atom. The summed E-state index contributed by atoms with van der Waals surface area (Å²) in [4.78, 5) is 14.9. The first-order valence-corrected chi connectivity index (χ1v) is 8.48. The molecule has 1 aliphatic rings. The molecule has 1 aliphatic carbocycles. The monoisotopic (exact) mass is 314 g/mol. The molecule has 1 fully saturated rings. The van der Waals surface area contributed by atoms with Crippen molar-refractivity contribution in [2.24, 2.45) is 5.92 Å². The lowest BCUT2D eigenvalue weighted by Crippen LogP contribution is -2.36. The number of nitrogens with zero attached hydrogens (tertiary/aromatic N) is 2. The molecule has 1 N–H and O–H groups in total. The highest BCUT2D eigenvalue weighted by Gasteiger charge is 2.41. The van der Waals surface area contributed by atoms with Crippen LogP contribution in [0.4, 0.5) is 0 Å². The van der Waals surface area contributed by atoms with Crippen molar-refractivity contribution in [2.45, 2.75) is 50.9 Å². The van der Waals surface area contributed by atoms with E-state index < -0.39 is 11.6 Å². The van der Waals surface area contributed by atoms with Crippen molar-refractivity contribution >= 4 is 17.7 Å². The molecule has 1 aromatic rings. The summed E-state index contributed by atoms with van der Waals surface area (Å²) in [6, 6.07) is 0. The molecule has 0 amide bonds. The molecule has 6 nitrogen and oxygen atoms in total. The van der Waals surface area contributed by atoms with Gasteiger partial charge in [0.2, 0.25) is 11.7 Å². The van der Waals surface area contributed by atoms with E-state index >= 15 is 0 Å². The molecule has 2 atom stereocenters. The number of aliphatic carboxylic acids is 1. The van der Waals surface area contributed by atoms with E-state index in [-0.39, 0.29) is 5.75 Å². The van der Waals surface area contributed by atoms with Gasteiger partial charge in [-0.2, -0.15) is 4.98 Å². The third-order valence-electron chi connectivity index (χ3n) is 3.70. The maximum atomic E-state index is 10.5. The van der Waals surface area contributed by atoms with Crippen molar-refractivity contribution in [3.8, 4) is 0 Å². The number of ether oxygens (including phenoxy) is 1. The molecule has 0 spiro atoms. The standard InChI is InChI=1S/C14H22N2O4S/c1-3-19-14(6-4-5-10(2)7-14)13-15-11(20-16-13)8-21-9-12(17)18/h10H,3-9H2,1-2H3,(H,17,18). The van der Waals surface area contributed by atoms with Gasteiger partial charge in [0.05, 0.1) is 11.5 Å². The fraction of sp³-hybridized carbons (Fsp3) is 0.786. The summed E-state index contributed by atoms with van der Waals surface area (Å²) >= 11 is 1.25. The quantitative estimate of drug-likeness (QED) is 0.828. The van der Waals surface area contributed by atoms with Gasteiger partial charge in [-0.25, -0.2) is 0 Å². The number of thioether (sulfide) groups is 1. The van der Waals surface area contributed by atoms with Crippen molar-refractivity contribution in [2.75, 3.05) is 12.4 Å². The van der Waals surface area contributed by atoms with E-state index in [2.05, 4.69) is 17.1 Å². The molecule has 2 unspecified atom stereocenters. The van der Waals surface area contributed by atoms with Crippen LogP contribution in [0.3, 0.4) is 0 Å². The SMILES string of the molecule is CCOC1(c2noc(CSCC(=O)O)n2)CCCC(C)C1. The Morgan fingerprint density at radius 3 is 3.10 bits per heavy atom. The Bertz CT molecular complexity index is 475. The lowest BCUT2D eigenvalue weighted by molar-refractivity contribution is -0.133. The number of hydrogen-bond donors (Lipinski definition) is 1. The minimum absolute atomic E-state index is 0.0331. The van der Waals surface area contributed by atoms with E-state index in [0.717, 1.165) is 19.3 Å². The smallest absolute Gasteiger partial charge is 0.313 e. The summed E-state index contributed by atoms with van der Waals surface area (Å²) in [6.07, 6.45) is 4.11. The predicted molar refractivity (Wildman–Crippen MR) is 79.0 cm³/mol. The van der Waals surface area contributed by atoms with Gasteiger partial charge < -0.3 is 14.4 Å². The topological polar surface area (TPSA) is 85.5 Å². The molecule has 0 aliphatic heterocycles. The lowest BCUT2D eigenvalue weighted by Gasteiger charge is -2.37. The summed E-state index contributed by atoms with van der Waals surface area (Å²) in [5.41, 5.74) is -0.439. The van der Waals surface area contributed by atoms with E-state index in [1.165, 1.54) is 18.2 Å². The summed E-state index contributed by atoms with van der Waals surface area (Å²) in [6.45, 7) is 4.81. The van der Waals surface area contributed by atoms with Gasteiger partial charge >= 0.3 is 5.97 Å². The van der Waals surface area contributed by atoms with E-state index in [0.29, 0.717) is 30.0 Å². The van der Waals surface area contributed by atoms with Crippen LogP contribution in [0.5, 0.6) is 0 Å². The van der Waals surface area contributed by atoms with Gasteiger partial charge in [-0.15, -0.1) is 11.8 Å². The third kappa shape index (κ3) is 4.20. The molecule has 0 saturated heterocycles. The van der Waals surface area contributed by atoms with Gasteiger partial charge in [-0.1, -0.05) is 18.5 Å². The van der Waals surface area contributed by atoms with Crippen LogP contribution >= 0.6 is 11.8 Å². The molecule has 1 saturated carbocycles. The molecule has 118 valence electrons. The molecule has 1 heterocycles. The first kappa shape index (κ1) is 16.3. The van der Waals surface area contributed by atoms with Crippen LogP contribution in [0, 0.1) is 5.92 Å². The summed E-state index contributed by atoms with van der Waals surface area (Å²) < 4.78 is 11.2. The van der Waals surface area contributed by atoms with Gasteiger partial charge in [-0.05, 0) is 32.1 Å². The molecule has 21 heavy (non-hydrogen) atoms. The van der Waals surface area contributed by atoms with Crippen molar-refractivity contribution < 1.29 is 19.2 Å². The molecule has 0 aromatic carbocycles. The minimum atomic E-state index is -0.841. The summed E-state index contributed by atoms with van der Waals surface area (Å²) in [5, 5.41) is 12.7. The Labute approximate surface area is 128 Å². The number of carbonyl (C=O) groups is 1. The van der Waals surface area contributed by atoms with Crippen molar-refractivity contribution in [3.05, 3.63) is 11.7 Å². The molecule has 0 bridgehead atoms. The number of carboxylic acids is 1. The van der Waals surface area contributed by atoms with E-state index in [1.807, 2.05) is 6.92 Å². The highest BCUT2D eigenvalue weighted by atomic mass is 32.2. The van der Waals surface area contributed by atoms with Crippen molar-refractivity contribution in [1.29, 1.82) is 0 Å². The number of hydrogen-bond acceptors (Lipinski definition) is 6. The predicted octanol–water partition coefficient (Wildman–Crippen LogP) is 2.83. The summed E-state index contributed by atoms with van der Waals surface area (Å²) in [5.74, 6) is 1.26. The van der Waals surface area contributed by atoms with Crippen LogP contribution in [-0.4, -0.2) is 33.6 Å². The average Bonchev–Trinajstić information content (AvgIpc) is 2.88. The Hall–Kier alpha value is -1.08. The van der Waals surface area contributed by atoms with E-state index in [1.54, 1.807) is 0 Å². The van der Waals surface area contributed by atoms with Crippen LogP contribution in [0.2, 0.25) is 0 Å². The molecule has 2 rings (SSSR count). The molecule has 7 heteroatoms. The number of carboxylic acid groups (broad SMARTS) is 1. The van der Waals surface area contributed by atoms with Crippen LogP contribution < -0.4 is 0 Å². The summed E-state index contributed by atoms with van der Waals surface area (Å²) in [7, 11) is 0. The van der Waals surface area contributed by atoms with Crippen LogP contribution in [0.25, 0.3) is 0 Å². The van der Waals surface area contributed by atoms with Crippen molar-refractivity contribution in [1.82, 2.24) is 10.1 Å². The fourth-order valence-corrected chi connectivity index (χ4v) is 3.47. The van der Waals surface area contributed by atoms with Crippen LogP contribution in [0.1, 0.15) is 51.2 Å². The molecular formula is C14H22N2O4S. The van der Waals surface area contributed by atoms with Crippen LogP contribution in [-0.2, 0) is 20.9 Å². The lowest BCUT2D eigenvalue weighted by atomic mass is 9.78. The zero-order valence-corrected chi connectivity index (χ0v) is 13.3. The largest absolute Gasteiger partial charge is 0.481 e. The second-order valence-electron chi connectivity index (χ2n) is 5.53. The maximum Gasteiger partial charge on any atom is 0.313 e. The molecule has 1 aromatic heterocycles. The van der Waals surface area contributed by atoms with Crippen molar-refractivity contribution in [3.63, 3.8) is 0 Å². The highest BCUT2D eigenvalue weighted by molar-refractivity contribution is 7.99. The Kier molecular flexibility index (Phi) is 5.64. The number of aromatic nitrogens is 2. The van der Waals surface area contributed by atoms with E-state index in [4.69, 9.17) is 14.4 Å². The van der Waals surface area contributed by atoms with E-state index in [9.17, 15) is 4.79 Å². The first-order chi connectivity index (χ1) is 10.1. The Balaban J connectivity index is 2.07. The Morgan fingerprint density at radius 1 is 1.62 bits per heavy atom. The first-order valence-electron chi connectivity index (χ1n) is 7.32.